The van der Waals surface area contributed by atoms with Gasteiger partial charge in [0.05, 0.1) is 17.7 Å². The molecule has 3 aromatic rings. The van der Waals surface area contributed by atoms with Gasteiger partial charge in [-0.2, -0.15) is 5.06 Å². The van der Waals surface area contributed by atoms with E-state index in [-0.39, 0.29) is 11.4 Å². The number of Topliss-reactive ketones (excluding diaryl/α,β-unsaturated/α-hetero) is 1. The third-order valence-corrected chi connectivity index (χ3v) is 6.36. The second-order valence-electron chi connectivity index (χ2n) is 9.08. The number of hydrogen-bond acceptors (Lipinski definition) is 5. The summed E-state index contributed by atoms with van der Waals surface area (Å²) in [5.74, 6) is -1.18. The van der Waals surface area contributed by atoms with Crippen LogP contribution in [0.25, 0.3) is 11.1 Å². The maximum atomic E-state index is 12.8. The van der Waals surface area contributed by atoms with Crippen LogP contribution < -0.4 is 10.5 Å². The number of rotatable bonds is 9. The third kappa shape index (κ3) is 8.12. The number of carbonyl (C=O) groups excluding carboxylic acids is 2. The average Bonchev–Trinajstić information content (AvgIpc) is 3.57. The Morgan fingerprint density at radius 1 is 1.03 bits per heavy atom. The highest BCUT2D eigenvalue weighted by molar-refractivity contribution is 6.42. The summed E-state index contributed by atoms with van der Waals surface area (Å²) in [5, 5.41) is 2.80. The number of amides is 1. The summed E-state index contributed by atoms with van der Waals surface area (Å²) in [6.45, 7) is 2.94. The highest BCUT2D eigenvalue weighted by Crippen LogP contribution is 2.32. The van der Waals surface area contributed by atoms with Crippen LogP contribution in [-0.4, -0.2) is 42.6 Å². The van der Waals surface area contributed by atoms with E-state index in [9.17, 15) is 14.0 Å². The minimum atomic E-state index is -0.982. The van der Waals surface area contributed by atoms with Gasteiger partial charge in [0.1, 0.15) is 11.6 Å². The molecule has 8 heteroatoms. The Morgan fingerprint density at radius 3 is 2.27 bits per heavy atom. The first kappa shape index (κ1) is 26.8. The second kappa shape index (κ2) is 12.8. The van der Waals surface area contributed by atoms with Gasteiger partial charge in [-0.15, -0.1) is 0 Å². The Morgan fingerprint density at radius 2 is 1.70 bits per heavy atom. The first-order chi connectivity index (χ1) is 17.9. The van der Waals surface area contributed by atoms with E-state index >= 15 is 0 Å². The quantitative estimate of drug-likeness (QED) is 0.290. The Balaban J connectivity index is 0.000000173. The maximum Gasteiger partial charge on any atom is 0.289 e. The molecule has 1 saturated heterocycles. The van der Waals surface area contributed by atoms with Crippen molar-refractivity contribution >= 4 is 23.3 Å². The van der Waals surface area contributed by atoms with Crippen LogP contribution in [0, 0.1) is 5.82 Å². The molecule has 0 aromatic heterocycles. The lowest BCUT2D eigenvalue weighted by molar-refractivity contribution is -0.114. The summed E-state index contributed by atoms with van der Waals surface area (Å²) in [6.07, 6.45) is 6.00. The van der Waals surface area contributed by atoms with Gasteiger partial charge in [-0.3, -0.25) is 14.4 Å². The molecule has 0 unspecified atom stereocenters. The maximum absolute atomic E-state index is 12.8. The van der Waals surface area contributed by atoms with Crippen LogP contribution in [0.3, 0.4) is 0 Å². The number of aryl methyl sites for hydroxylation is 1. The first-order valence-corrected chi connectivity index (χ1v) is 12.8. The Bertz CT molecular complexity index is 1210. The van der Waals surface area contributed by atoms with Gasteiger partial charge in [0, 0.05) is 18.7 Å². The van der Waals surface area contributed by atoms with Gasteiger partial charge < -0.3 is 10.5 Å². The number of primary amides is 1. The first-order valence-electron chi connectivity index (χ1n) is 12.4. The van der Waals surface area contributed by atoms with Crippen molar-refractivity contribution in [2.75, 3.05) is 19.7 Å². The lowest BCUT2D eigenvalue weighted by Crippen LogP contribution is -2.22. The van der Waals surface area contributed by atoms with Crippen LogP contribution in [0.4, 0.5) is 4.39 Å². The molecule has 0 atom stereocenters. The van der Waals surface area contributed by atoms with Crippen molar-refractivity contribution in [2.45, 2.75) is 38.2 Å². The number of nitrogens with zero attached hydrogens (tertiary/aromatic N) is 1. The fraction of sp³-hybridized carbons (Fsp3) is 0.310. The van der Waals surface area contributed by atoms with Crippen molar-refractivity contribution < 1.29 is 23.6 Å². The molecule has 6 nitrogen and oxygen atoms in total. The molecule has 3 aromatic carbocycles. The minimum absolute atomic E-state index is 0.244. The van der Waals surface area contributed by atoms with Crippen molar-refractivity contribution in [2.24, 2.45) is 5.73 Å². The van der Waals surface area contributed by atoms with E-state index in [2.05, 4.69) is 11.1 Å². The highest BCUT2D eigenvalue weighted by atomic mass is 35.5. The van der Waals surface area contributed by atoms with Crippen molar-refractivity contribution in [1.29, 1.82) is 0 Å². The fourth-order valence-corrected chi connectivity index (χ4v) is 4.14. The van der Waals surface area contributed by atoms with Crippen LogP contribution >= 0.6 is 11.6 Å². The standard InChI is InChI=1S/C15H20ClNO2.C14H10FNO2/c16-14-11-12(3-1-8-17-9-2-10-18-17)4-7-15(14)19-13-5-6-13;15-12-7-5-10(6-8-12)9-1-3-11(4-2-9)13(17)14(16)18/h4,7,11,13H,1-3,5-6,8-10H2;1-8H,(H2,16,18). The summed E-state index contributed by atoms with van der Waals surface area (Å²) >= 11 is 6.25. The van der Waals surface area contributed by atoms with Gasteiger partial charge in [-0.25, -0.2) is 4.39 Å². The van der Waals surface area contributed by atoms with Gasteiger partial charge >= 0.3 is 0 Å². The number of hydrogen-bond donors (Lipinski definition) is 1. The monoisotopic (exact) mass is 524 g/mol. The van der Waals surface area contributed by atoms with Gasteiger partial charge in [0.15, 0.2) is 0 Å². The zero-order valence-electron chi connectivity index (χ0n) is 20.5. The molecule has 1 heterocycles. The van der Waals surface area contributed by atoms with Crippen molar-refractivity contribution in [3.63, 3.8) is 0 Å². The summed E-state index contributed by atoms with van der Waals surface area (Å²) in [4.78, 5) is 27.5. The molecule has 37 heavy (non-hydrogen) atoms. The number of benzene rings is 3. The molecule has 1 amide bonds. The van der Waals surface area contributed by atoms with E-state index in [1.54, 1.807) is 24.3 Å². The lowest BCUT2D eigenvalue weighted by atomic mass is 10.0. The third-order valence-electron chi connectivity index (χ3n) is 6.06. The molecule has 5 rings (SSSR count). The fourth-order valence-electron chi connectivity index (χ4n) is 3.89. The van der Waals surface area contributed by atoms with Crippen molar-refractivity contribution in [3.05, 3.63) is 88.7 Å². The van der Waals surface area contributed by atoms with Crippen molar-refractivity contribution in [1.82, 2.24) is 5.06 Å². The second-order valence-corrected chi connectivity index (χ2v) is 9.49. The van der Waals surface area contributed by atoms with Crippen LogP contribution in [0.15, 0.2) is 66.7 Å². The largest absolute Gasteiger partial charge is 0.489 e. The molecule has 0 spiro atoms. The van der Waals surface area contributed by atoms with Gasteiger partial charge in [-0.05, 0) is 73.1 Å². The van der Waals surface area contributed by atoms with Gasteiger partial charge in [-0.1, -0.05) is 54.1 Å². The normalized spacial score (nSPS) is 15.1. The van der Waals surface area contributed by atoms with E-state index < -0.39 is 11.7 Å². The molecular weight excluding hydrogens is 495 g/mol. The van der Waals surface area contributed by atoms with Gasteiger partial charge in [0.2, 0.25) is 5.78 Å². The van der Waals surface area contributed by atoms with E-state index in [1.807, 2.05) is 12.1 Å². The van der Waals surface area contributed by atoms with E-state index in [4.69, 9.17) is 26.9 Å². The van der Waals surface area contributed by atoms with Crippen LogP contribution in [0.2, 0.25) is 5.02 Å². The molecular formula is C29H30ClFN2O4. The van der Waals surface area contributed by atoms with E-state index in [0.717, 1.165) is 73.7 Å². The summed E-state index contributed by atoms with van der Waals surface area (Å²) in [7, 11) is 0. The zero-order valence-corrected chi connectivity index (χ0v) is 21.3. The lowest BCUT2D eigenvalue weighted by Gasteiger charge is -2.13. The summed E-state index contributed by atoms with van der Waals surface area (Å²) in [6, 6.07) is 18.6. The average molecular weight is 525 g/mol. The SMILES string of the molecule is Clc1cc(CCCN2CCCO2)ccc1OC1CC1.NC(=O)C(=O)c1ccc(-c2ccc(F)cc2)cc1. The Hall–Kier alpha value is -3.26. The minimum Gasteiger partial charge on any atom is -0.489 e. The Kier molecular flexibility index (Phi) is 9.28. The number of hydroxylamine groups is 2. The van der Waals surface area contributed by atoms with E-state index in [0.29, 0.717) is 6.10 Å². The highest BCUT2D eigenvalue weighted by Gasteiger charge is 2.24. The van der Waals surface area contributed by atoms with Crippen LogP contribution in [-0.2, 0) is 16.1 Å². The van der Waals surface area contributed by atoms with E-state index in [1.165, 1.54) is 29.8 Å². The smallest absolute Gasteiger partial charge is 0.289 e. The molecule has 0 radical (unpaired) electrons. The topological polar surface area (TPSA) is 81.9 Å². The molecule has 1 saturated carbocycles. The number of nitrogens with two attached hydrogens (primary N) is 1. The van der Waals surface area contributed by atoms with Crippen LogP contribution in [0.1, 0.15) is 41.6 Å². The molecule has 0 bridgehead atoms. The molecule has 2 fully saturated rings. The predicted octanol–water partition coefficient (Wildman–Crippen LogP) is 5.61. The van der Waals surface area contributed by atoms with Crippen molar-refractivity contribution in [3.8, 4) is 16.9 Å². The number of halogens is 2. The number of ether oxygens (including phenoxy) is 1. The molecule has 1 aliphatic heterocycles. The summed E-state index contributed by atoms with van der Waals surface area (Å²) < 4.78 is 18.5. The summed E-state index contributed by atoms with van der Waals surface area (Å²) in [5.41, 5.74) is 8.08. The molecule has 2 N–H and O–H groups in total. The molecule has 194 valence electrons. The van der Waals surface area contributed by atoms with Crippen LogP contribution in [0.5, 0.6) is 5.75 Å². The predicted molar refractivity (Wildman–Crippen MR) is 141 cm³/mol. The molecule has 2 aliphatic rings. The number of ketones is 1. The number of carbonyl (C=O) groups is 2. The van der Waals surface area contributed by atoms with Gasteiger partial charge in [0.25, 0.3) is 5.91 Å². The Labute approximate surface area is 221 Å². The molecule has 1 aliphatic carbocycles. The zero-order chi connectivity index (χ0) is 26.2.